The van der Waals surface area contributed by atoms with Crippen molar-refractivity contribution in [2.45, 2.75) is 13.0 Å². The number of pyridine rings is 1. The summed E-state index contributed by atoms with van der Waals surface area (Å²) in [6.07, 6.45) is 5.74. The SMILES string of the molecule is COc1c(OCCCn2cncn2)ccc2[c]ccnc12. The Morgan fingerprint density at radius 3 is 3.10 bits per heavy atom. The van der Waals surface area contributed by atoms with Gasteiger partial charge >= 0.3 is 0 Å². The topological polar surface area (TPSA) is 62.1 Å². The number of hydrogen-bond donors (Lipinski definition) is 0. The van der Waals surface area contributed by atoms with Crippen molar-refractivity contribution >= 4 is 10.9 Å². The molecule has 107 valence electrons. The van der Waals surface area contributed by atoms with E-state index in [9.17, 15) is 0 Å². The molecule has 1 aromatic carbocycles. The molecule has 1 radical (unpaired) electrons. The summed E-state index contributed by atoms with van der Waals surface area (Å²) in [6.45, 7) is 1.33. The fourth-order valence-electron chi connectivity index (χ4n) is 2.10. The lowest BCUT2D eigenvalue weighted by molar-refractivity contribution is 0.281. The van der Waals surface area contributed by atoms with Gasteiger partial charge in [-0.25, -0.2) is 4.98 Å². The van der Waals surface area contributed by atoms with Crippen LogP contribution in [-0.2, 0) is 6.54 Å². The Labute approximate surface area is 122 Å². The third-order valence-electron chi connectivity index (χ3n) is 3.07. The summed E-state index contributed by atoms with van der Waals surface area (Å²) in [5, 5.41) is 4.95. The summed E-state index contributed by atoms with van der Waals surface area (Å²) < 4.78 is 13.0. The smallest absolute Gasteiger partial charge is 0.187 e. The number of aryl methyl sites for hydroxylation is 1. The van der Waals surface area contributed by atoms with Gasteiger partial charge in [0, 0.05) is 24.5 Å². The van der Waals surface area contributed by atoms with Gasteiger partial charge in [-0.05, 0) is 24.3 Å². The van der Waals surface area contributed by atoms with Gasteiger partial charge < -0.3 is 9.47 Å². The highest BCUT2D eigenvalue weighted by molar-refractivity contribution is 5.86. The summed E-state index contributed by atoms with van der Waals surface area (Å²) in [7, 11) is 1.62. The predicted molar refractivity (Wildman–Crippen MR) is 77.3 cm³/mol. The van der Waals surface area contributed by atoms with Crippen LogP contribution in [0.3, 0.4) is 0 Å². The third kappa shape index (κ3) is 2.94. The minimum atomic E-state index is 0.568. The van der Waals surface area contributed by atoms with Crippen molar-refractivity contribution in [3.05, 3.63) is 43.1 Å². The van der Waals surface area contributed by atoms with E-state index in [1.54, 1.807) is 30.4 Å². The zero-order valence-electron chi connectivity index (χ0n) is 11.7. The van der Waals surface area contributed by atoms with E-state index in [1.807, 2.05) is 12.1 Å². The molecule has 0 amide bonds. The van der Waals surface area contributed by atoms with Crippen LogP contribution in [0.2, 0.25) is 0 Å². The quantitative estimate of drug-likeness (QED) is 0.648. The average molecular weight is 283 g/mol. The van der Waals surface area contributed by atoms with E-state index < -0.39 is 0 Å². The maximum atomic E-state index is 5.79. The second-order valence-electron chi connectivity index (χ2n) is 4.44. The number of hydrogen-bond acceptors (Lipinski definition) is 5. The zero-order chi connectivity index (χ0) is 14.5. The summed E-state index contributed by atoms with van der Waals surface area (Å²) >= 11 is 0. The van der Waals surface area contributed by atoms with E-state index in [0.29, 0.717) is 18.1 Å². The second-order valence-corrected chi connectivity index (χ2v) is 4.44. The number of ether oxygens (including phenoxy) is 2. The summed E-state index contributed by atoms with van der Waals surface area (Å²) in [6, 6.07) is 8.71. The van der Waals surface area contributed by atoms with Gasteiger partial charge in [0.05, 0.1) is 13.7 Å². The normalized spacial score (nSPS) is 10.7. The first-order chi connectivity index (χ1) is 10.4. The molecule has 2 heterocycles. The van der Waals surface area contributed by atoms with E-state index in [0.717, 1.165) is 23.9 Å². The first kappa shape index (κ1) is 13.4. The average Bonchev–Trinajstić information content (AvgIpc) is 3.04. The highest BCUT2D eigenvalue weighted by Gasteiger charge is 2.10. The molecular weight excluding hydrogens is 268 g/mol. The number of benzene rings is 1. The fourth-order valence-corrected chi connectivity index (χ4v) is 2.10. The molecule has 0 aliphatic rings. The molecule has 0 saturated carbocycles. The lowest BCUT2D eigenvalue weighted by Crippen LogP contribution is -2.05. The van der Waals surface area contributed by atoms with E-state index in [-0.39, 0.29) is 0 Å². The third-order valence-corrected chi connectivity index (χ3v) is 3.07. The molecule has 3 aromatic rings. The van der Waals surface area contributed by atoms with Crippen LogP contribution in [0, 0.1) is 6.07 Å². The lowest BCUT2D eigenvalue weighted by atomic mass is 10.2. The molecule has 6 nitrogen and oxygen atoms in total. The Morgan fingerprint density at radius 2 is 2.29 bits per heavy atom. The highest BCUT2D eigenvalue weighted by Crippen LogP contribution is 2.33. The second kappa shape index (κ2) is 6.21. The van der Waals surface area contributed by atoms with E-state index in [2.05, 4.69) is 21.1 Å². The molecule has 0 N–H and O–H groups in total. The van der Waals surface area contributed by atoms with Gasteiger partial charge in [-0.15, -0.1) is 0 Å². The highest BCUT2D eigenvalue weighted by atomic mass is 16.5. The number of nitrogens with zero attached hydrogens (tertiary/aromatic N) is 4. The first-order valence-corrected chi connectivity index (χ1v) is 6.67. The van der Waals surface area contributed by atoms with E-state index in [1.165, 1.54) is 6.33 Å². The van der Waals surface area contributed by atoms with Crippen molar-refractivity contribution < 1.29 is 9.47 Å². The maximum absolute atomic E-state index is 5.79. The standard InChI is InChI=1S/C15H15N4O2/c1-20-15-13(6-5-12-4-2-7-17-14(12)15)21-9-3-8-19-11-16-10-18-19/h2,5-7,10-11H,3,8-9H2,1H3. The van der Waals surface area contributed by atoms with Crippen LogP contribution in [-0.4, -0.2) is 33.5 Å². The Balaban J connectivity index is 1.68. The van der Waals surface area contributed by atoms with Gasteiger partial charge in [0.15, 0.2) is 11.5 Å². The van der Waals surface area contributed by atoms with Crippen LogP contribution >= 0.6 is 0 Å². The molecule has 0 atom stereocenters. The molecule has 0 unspecified atom stereocenters. The van der Waals surface area contributed by atoms with E-state index in [4.69, 9.17) is 9.47 Å². The molecule has 0 saturated heterocycles. The molecule has 6 heteroatoms. The monoisotopic (exact) mass is 283 g/mol. The molecule has 0 fully saturated rings. The number of methoxy groups -OCH3 is 1. The van der Waals surface area contributed by atoms with Crippen LogP contribution in [0.1, 0.15) is 6.42 Å². The summed E-state index contributed by atoms with van der Waals surface area (Å²) in [5.74, 6) is 1.33. The number of aromatic nitrogens is 4. The number of fused-ring (bicyclic) bond motifs is 1. The molecule has 0 aliphatic heterocycles. The Bertz CT molecular complexity index is 713. The van der Waals surface area contributed by atoms with Crippen LogP contribution in [0.15, 0.2) is 37.1 Å². The van der Waals surface area contributed by atoms with E-state index >= 15 is 0 Å². The summed E-state index contributed by atoms with van der Waals surface area (Å²) in [5.41, 5.74) is 0.758. The van der Waals surface area contributed by atoms with Crippen LogP contribution in [0.25, 0.3) is 10.9 Å². The molecule has 2 aromatic heterocycles. The van der Waals surface area contributed by atoms with Gasteiger partial charge in [0.25, 0.3) is 0 Å². The van der Waals surface area contributed by atoms with Gasteiger partial charge in [0.2, 0.25) is 0 Å². The summed E-state index contributed by atoms with van der Waals surface area (Å²) in [4.78, 5) is 8.22. The van der Waals surface area contributed by atoms with Crippen molar-refractivity contribution in [3.63, 3.8) is 0 Å². The van der Waals surface area contributed by atoms with Crippen molar-refractivity contribution in [1.82, 2.24) is 19.7 Å². The Kier molecular flexibility index (Phi) is 3.95. The molecule has 0 bridgehead atoms. The Hall–Kier alpha value is -2.63. The van der Waals surface area contributed by atoms with Crippen molar-refractivity contribution in [2.75, 3.05) is 13.7 Å². The van der Waals surface area contributed by atoms with Gasteiger partial charge in [0.1, 0.15) is 18.2 Å². The largest absolute Gasteiger partial charge is 0.491 e. The minimum Gasteiger partial charge on any atom is -0.491 e. The first-order valence-electron chi connectivity index (χ1n) is 6.67. The molecule has 0 spiro atoms. The van der Waals surface area contributed by atoms with Crippen LogP contribution in [0.5, 0.6) is 11.5 Å². The predicted octanol–water partition coefficient (Wildman–Crippen LogP) is 2.10. The lowest BCUT2D eigenvalue weighted by Gasteiger charge is -2.12. The zero-order valence-corrected chi connectivity index (χ0v) is 11.7. The minimum absolute atomic E-state index is 0.568. The molecule has 0 aliphatic carbocycles. The number of rotatable bonds is 6. The molecule has 21 heavy (non-hydrogen) atoms. The molecule has 3 rings (SSSR count). The van der Waals surface area contributed by atoms with Crippen molar-refractivity contribution in [3.8, 4) is 11.5 Å². The maximum Gasteiger partial charge on any atom is 0.187 e. The molecular formula is C15H15N4O2. The van der Waals surface area contributed by atoms with Gasteiger partial charge in [-0.3, -0.25) is 9.67 Å². The van der Waals surface area contributed by atoms with Crippen molar-refractivity contribution in [1.29, 1.82) is 0 Å². The Morgan fingerprint density at radius 1 is 1.33 bits per heavy atom. The fraction of sp³-hybridized carbons (Fsp3) is 0.267. The van der Waals surface area contributed by atoms with Gasteiger partial charge in [-0.1, -0.05) is 0 Å². The van der Waals surface area contributed by atoms with Crippen molar-refractivity contribution in [2.24, 2.45) is 0 Å². The van der Waals surface area contributed by atoms with Gasteiger partial charge in [-0.2, -0.15) is 5.10 Å². The van der Waals surface area contributed by atoms with Crippen LogP contribution in [0.4, 0.5) is 0 Å². The van der Waals surface area contributed by atoms with Crippen LogP contribution < -0.4 is 9.47 Å².